The Morgan fingerprint density at radius 2 is 2.00 bits per heavy atom. The molecule has 0 radical (unpaired) electrons. The van der Waals surface area contributed by atoms with Gasteiger partial charge in [0.1, 0.15) is 5.76 Å². The van der Waals surface area contributed by atoms with E-state index in [9.17, 15) is 0 Å². The summed E-state index contributed by atoms with van der Waals surface area (Å²) >= 11 is 0. The minimum Gasteiger partial charge on any atom is -0.468 e. The Morgan fingerprint density at radius 3 is 2.55 bits per heavy atom. The lowest BCUT2D eigenvalue weighted by Gasteiger charge is -2.19. The van der Waals surface area contributed by atoms with Gasteiger partial charge in [0, 0.05) is 25.8 Å². The Kier molecular flexibility index (Phi) is 5.02. The molecule has 1 unspecified atom stereocenters. The largest absolute Gasteiger partial charge is 0.468 e. The molecule has 2 rings (SSSR count). The third-order valence-electron chi connectivity index (χ3n) is 3.32. The second-order valence-corrected chi connectivity index (χ2v) is 5.02. The summed E-state index contributed by atoms with van der Waals surface area (Å²) in [4.78, 5) is 2.10. The van der Waals surface area contributed by atoms with Gasteiger partial charge in [-0.25, -0.2) is 0 Å². The van der Waals surface area contributed by atoms with Gasteiger partial charge in [0.15, 0.2) is 0 Å². The predicted molar refractivity (Wildman–Crippen MR) is 83.9 cm³/mol. The molecule has 0 aliphatic rings. The quantitative estimate of drug-likeness (QED) is 0.777. The van der Waals surface area contributed by atoms with Crippen LogP contribution in [0.25, 0.3) is 0 Å². The lowest BCUT2D eigenvalue weighted by molar-refractivity contribution is 0.450. The summed E-state index contributed by atoms with van der Waals surface area (Å²) in [5, 5.41) is 3.51. The molecule has 0 saturated heterocycles. The van der Waals surface area contributed by atoms with Gasteiger partial charge in [0.2, 0.25) is 0 Å². The molecule has 0 bridgehead atoms. The summed E-state index contributed by atoms with van der Waals surface area (Å²) in [6, 6.07) is 12.8. The number of nitrogens with one attached hydrogen (secondary N) is 1. The van der Waals surface area contributed by atoms with Gasteiger partial charge in [-0.15, -0.1) is 6.58 Å². The topological polar surface area (TPSA) is 28.4 Å². The molecule has 1 aromatic heterocycles. The molecule has 20 heavy (non-hydrogen) atoms. The summed E-state index contributed by atoms with van der Waals surface area (Å²) in [6.07, 6.45) is 4.53. The van der Waals surface area contributed by atoms with Crippen molar-refractivity contribution < 1.29 is 4.42 Å². The van der Waals surface area contributed by atoms with Crippen molar-refractivity contribution in [2.24, 2.45) is 0 Å². The van der Waals surface area contributed by atoms with Crippen LogP contribution in [0, 0.1) is 0 Å². The van der Waals surface area contributed by atoms with Crippen LogP contribution in [-0.2, 0) is 6.54 Å². The molecular formula is C17H22N2O. The number of furan rings is 1. The van der Waals surface area contributed by atoms with Gasteiger partial charge in [0.25, 0.3) is 0 Å². The molecule has 0 aliphatic heterocycles. The second-order valence-electron chi connectivity index (χ2n) is 5.02. The number of benzene rings is 1. The Hall–Kier alpha value is -2.00. The first-order valence-electron chi connectivity index (χ1n) is 6.84. The molecule has 1 N–H and O–H groups in total. The van der Waals surface area contributed by atoms with Crippen molar-refractivity contribution in [3.63, 3.8) is 0 Å². The molecule has 2 aromatic rings. The van der Waals surface area contributed by atoms with E-state index in [0.717, 1.165) is 18.7 Å². The van der Waals surface area contributed by atoms with E-state index in [2.05, 4.69) is 41.1 Å². The molecule has 0 saturated carbocycles. The van der Waals surface area contributed by atoms with Crippen LogP contribution in [0.4, 0.5) is 5.69 Å². The van der Waals surface area contributed by atoms with Crippen molar-refractivity contribution in [1.82, 2.24) is 5.32 Å². The third kappa shape index (κ3) is 3.75. The first-order valence-corrected chi connectivity index (χ1v) is 6.84. The van der Waals surface area contributed by atoms with Gasteiger partial charge in [-0.1, -0.05) is 18.2 Å². The van der Waals surface area contributed by atoms with E-state index in [1.807, 2.05) is 32.3 Å². The Morgan fingerprint density at radius 1 is 1.25 bits per heavy atom. The molecule has 1 heterocycles. The van der Waals surface area contributed by atoms with Crippen molar-refractivity contribution in [2.75, 3.05) is 19.0 Å². The lowest BCUT2D eigenvalue weighted by Crippen LogP contribution is -2.20. The lowest BCUT2D eigenvalue weighted by atomic mass is 10.0. The van der Waals surface area contributed by atoms with Gasteiger partial charge >= 0.3 is 0 Å². The number of hydrogen-bond donors (Lipinski definition) is 1. The number of hydrogen-bond acceptors (Lipinski definition) is 3. The smallest absolute Gasteiger partial charge is 0.117 e. The van der Waals surface area contributed by atoms with E-state index in [-0.39, 0.29) is 6.04 Å². The number of anilines is 1. The number of nitrogens with zero attached hydrogens (tertiary/aromatic N) is 1. The van der Waals surface area contributed by atoms with E-state index in [1.54, 1.807) is 6.26 Å². The van der Waals surface area contributed by atoms with Crippen molar-refractivity contribution in [1.29, 1.82) is 0 Å². The van der Waals surface area contributed by atoms with Crippen LogP contribution >= 0.6 is 0 Å². The molecule has 3 heteroatoms. The second kappa shape index (κ2) is 6.96. The molecule has 1 aromatic carbocycles. The predicted octanol–water partition coefficient (Wildman–Crippen LogP) is 3.75. The SMILES string of the molecule is C=CCC(NCc1ccco1)c1ccc(N(C)C)cc1. The van der Waals surface area contributed by atoms with Crippen molar-refractivity contribution in [2.45, 2.75) is 19.0 Å². The Balaban J connectivity index is 2.05. The van der Waals surface area contributed by atoms with Gasteiger partial charge in [0.05, 0.1) is 12.8 Å². The monoisotopic (exact) mass is 270 g/mol. The Labute approximate surface area is 120 Å². The maximum absolute atomic E-state index is 5.35. The zero-order valence-electron chi connectivity index (χ0n) is 12.2. The number of rotatable bonds is 7. The maximum Gasteiger partial charge on any atom is 0.117 e. The fraction of sp³-hybridized carbons (Fsp3) is 0.294. The van der Waals surface area contributed by atoms with E-state index in [1.165, 1.54) is 11.3 Å². The molecule has 106 valence electrons. The van der Waals surface area contributed by atoms with Crippen LogP contribution in [-0.4, -0.2) is 14.1 Å². The Bertz CT molecular complexity index is 514. The minimum absolute atomic E-state index is 0.258. The van der Waals surface area contributed by atoms with Crippen LogP contribution in [0.1, 0.15) is 23.8 Å². The fourth-order valence-electron chi connectivity index (χ4n) is 2.15. The summed E-state index contributed by atoms with van der Waals surface area (Å²) < 4.78 is 5.35. The molecule has 1 atom stereocenters. The zero-order valence-corrected chi connectivity index (χ0v) is 12.2. The highest BCUT2D eigenvalue weighted by atomic mass is 16.3. The van der Waals surface area contributed by atoms with Crippen LogP contribution < -0.4 is 10.2 Å². The van der Waals surface area contributed by atoms with Crippen LogP contribution in [0.5, 0.6) is 0 Å². The highest BCUT2D eigenvalue weighted by Gasteiger charge is 2.10. The van der Waals surface area contributed by atoms with Gasteiger partial charge in [-0.05, 0) is 36.2 Å². The molecule has 0 fully saturated rings. The van der Waals surface area contributed by atoms with Crippen LogP contribution in [0.2, 0.25) is 0 Å². The average molecular weight is 270 g/mol. The standard InChI is InChI=1S/C17H22N2O/c1-4-6-17(18-13-16-7-5-12-20-16)14-8-10-15(11-9-14)19(2)3/h4-5,7-12,17-18H,1,6,13H2,2-3H3. The summed E-state index contributed by atoms with van der Waals surface area (Å²) in [7, 11) is 4.09. The third-order valence-corrected chi connectivity index (χ3v) is 3.32. The zero-order chi connectivity index (χ0) is 14.4. The first-order chi connectivity index (χ1) is 9.70. The van der Waals surface area contributed by atoms with Crippen LogP contribution in [0.3, 0.4) is 0 Å². The minimum atomic E-state index is 0.258. The highest BCUT2D eigenvalue weighted by molar-refractivity contribution is 5.46. The molecule has 0 aliphatic carbocycles. The maximum atomic E-state index is 5.35. The molecular weight excluding hydrogens is 248 g/mol. The fourth-order valence-corrected chi connectivity index (χ4v) is 2.15. The van der Waals surface area contributed by atoms with Gasteiger partial charge < -0.3 is 14.6 Å². The van der Waals surface area contributed by atoms with Crippen molar-refractivity contribution in [3.8, 4) is 0 Å². The van der Waals surface area contributed by atoms with E-state index >= 15 is 0 Å². The van der Waals surface area contributed by atoms with Crippen molar-refractivity contribution >= 4 is 5.69 Å². The van der Waals surface area contributed by atoms with Crippen LogP contribution in [0.15, 0.2) is 59.7 Å². The first kappa shape index (κ1) is 14.4. The van der Waals surface area contributed by atoms with Gasteiger partial charge in [-0.2, -0.15) is 0 Å². The summed E-state index contributed by atoms with van der Waals surface area (Å²) in [6.45, 7) is 4.57. The average Bonchev–Trinajstić information content (AvgIpc) is 2.97. The molecule has 0 spiro atoms. The highest BCUT2D eigenvalue weighted by Crippen LogP contribution is 2.21. The summed E-state index contributed by atoms with van der Waals surface area (Å²) in [5.41, 5.74) is 2.47. The molecule has 3 nitrogen and oxygen atoms in total. The van der Waals surface area contributed by atoms with E-state index < -0.39 is 0 Å². The van der Waals surface area contributed by atoms with E-state index in [0.29, 0.717) is 0 Å². The normalized spacial score (nSPS) is 12.1. The summed E-state index contributed by atoms with van der Waals surface area (Å²) in [5.74, 6) is 0.948. The molecule has 0 amide bonds. The van der Waals surface area contributed by atoms with Crippen molar-refractivity contribution in [3.05, 3.63) is 66.6 Å². The van der Waals surface area contributed by atoms with Gasteiger partial charge in [-0.3, -0.25) is 0 Å². The van der Waals surface area contributed by atoms with E-state index in [4.69, 9.17) is 4.42 Å².